The second-order valence-corrected chi connectivity index (χ2v) is 4.92. The molecule has 0 aliphatic carbocycles. The van der Waals surface area contributed by atoms with Crippen LogP contribution < -0.4 is 0 Å². The number of ether oxygens (including phenoxy) is 1. The molecule has 0 saturated carbocycles. The third-order valence-electron chi connectivity index (χ3n) is 2.24. The molecule has 92 valence electrons. The Hall–Kier alpha value is -0.910. The van der Waals surface area contributed by atoms with Crippen LogP contribution in [0.5, 0.6) is 0 Å². The molecule has 0 aromatic carbocycles. The number of hydrogen-bond acceptors (Lipinski definition) is 5. The van der Waals surface area contributed by atoms with Gasteiger partial charge in [0.1, 0.15) is 11.6 Å². The van der Waals surface area contributed by atoms with E-state index in [9.17, 15) is 9.59 Å². The maximum Gasteiger partial charge on any atom is 0.411 e. The van der Waals surface area contributed by atoms with Crippen LogP contribution in [-0.2, 0) is 13.7 Å². The summed E-state index contributed by atoms with van der Waals surface area (Å²) >= 11 is 3.46. The van der Waals surface area contributed by atoms with Crippen LogP contribution >= 0.6 is 12.9 Å². The molecule has 1 atom stereocenters. The summed E-state index contributed by atoms with van der Waals surface area (Å²) in [5.74, 6) is -0.508. The standard InChI is InChI=1S/C10H17NO4S/c1-10(2,3)14-9(13)11-6-4-5-7(11)8(12)15-16/h7,16H,4-6H2,1-3H3/t7-/m1/s1. The van der Waals surface area contributed by atoms with Gasteiger partial charge in [0.05, 0.1) is 0 Å². The van der Waals surface area contributed by atoms with Crippen molar-refractivity contribution in [3.8, 4) is 0 Å². The molecule has 1 aliphatic heterocycles. The molecule has 5 nitrogen and oxygen atoms in total. The first-order valence-corrected chi connectivity index (χ1v) is 5.56. The zero-order chi connectivity index (χ0) is 12.3. The SMILES string of the molecule is CC(C)(C)OC(=O)N1CCC[C@@H]1C(=O)OS. The lowest BCUT2D eigenvalue weighted by Crippen LogP contribution is -2.43. The fourth-order valence-corrected chi connectivity index (χ4v) is 1.73. The van der Waals surface area contributed by atoms with Crippen LogP contribution in [0, 0.1) is 0 Å². The van der Waals surface area contributed by atoms with Gasteiger partial charge in [-0.2, -0.15) is 0 Å². The minimum absolute atomic E-state index is 0.478. The quantitative estimate of drug-likeness (QED) is 0.567. The Kier molecular flexibility index (Phi) is 4.07. The van der Waals surface area contributed by atoms with E-state index in [0.717, 1.165) is 6.42 Å². The third kappa shape index (κ3) is 3.30. The number of nitrogens with zero attached hydrogens (tertiary/aromatic N) is 1. The van der Waals surface area contributed by atoms with Gasteiger partial charge in [-0.1, -0.05) is 0 Å². The van der Waals surface area contributed by atoms with Crippen LogP contribution in [0.15, 0.2) is 0 Å². The van der Waals surface area contributed by atoms with E-state index in [1.165, 1.54) is 4.90 Å². The number of amides is 1. The Morgan fingerprint density at radius 1 is 1.38 bits per heavy atom. The maximum absolute atomic E-state index is 11.8. The number of rotatable bonds is 1. The summed E-state index contributed by atoms with van der Waals surface area (Å²) in [6.45, 7) is 5.87. The molecule has 16 heavy (non-hydrogen) atoms. The Labute approximate surface area is 101 Å². The number of hydrogen-bond donors (Lipinski definition) is 1. The number of likely N-dealkylation sites (tertiary alicyclic amines) is 1. The first-order chi connectivity index (χ1) is 7.35. The van der Waals surface area contributed by atoms with Crippen molar-refractivity contribution in [2.45, 2.75) is 45.3 Å². The van der Waals surface area contributed by atoms with Gasteiger partial charge < -0.3 is 8.92 Å². The molecule has 1 fully saturated rings. The molecule has 1 heterocycles. The zero-order valence-electron chi connectivity index (χ0n) is 9.73. The second kappa shape index (κ2) is 4.95. The van der Waals surface area contributed by atoms with E-state index in [-0.39, 0.29) is 0 Å². The van der Waals surface area contributed by atoms with Crippen molar-refractivity contribution in [1.29, 1.82) is 0 Å². The van der Waals surface area contributed by atoms with Crippen molar-refractivity contribution in [2.75, 3.05) is 6.54 Å². The monoisotopic (exact) mass is 247 g/mol. The lowest BCUT2D eigenvalue weighted by molar-refractivity contribution is -0.137. The normalized spacial score (nSPS) is 20.8. The van der Waals surface area contributed by atoms with E-state index in [0.29, 0.717) is 13.0 Å². The molecule has 0 unspecified atom stereocenters. The van der Waals surface area contributed by atoms with Gasteiger partial charge >= 0.3 is 12.1 Å². The van der Waals surface area contributed by atoms with Crippen LogP contribution in [0.4, 0.5) is 4.79 Å². The Bertz CT molecular complexity index is 287. The van der Waals surface area contributed by atoms with Crippen molar-refractivity contribution in [3.05, 3.63) is 0 Å². The van der Waals surface area contributed by atoms with Crippen LogP contribution in [0.1, 0.15) is 33.6 Å². The van der Waals surface area contributed by atoms with Crippen molar-refractivity contribution >= 4 is 25.0 Å². The molecular weight excluding hydrogens is 230 g/mol. The Morgan fingerprint density at radius 2 is 2.00 bits per heavy atom. The summed E-state index contributed by atoms with van der Waals surface area (Å²) in [4.78, 5) is 24.5. The maximum atomic E-state index is 11.8. The molecule has 0 radical (unpaired) electrons. The van der Waals surface area contributed by atoms with Gasteiger partial charge in [0.2, 0.25) is 0 Å². The summed E-state index contributed by atoms with van der Waals surface area (Å²) < 4.78 is 9.55. The highest BCUT2D eigenvalue weighted by Gasteiger charge is 2.37. The minimum Gasteiger partial charge on any atom is -0.444 e. The summed E-state index contributed by atoms with van der Waals surface area (Å²) in [5.41, 5.74) is -0.560. The zero-order valence-corrected chi connectivity index (χ0v) is 10.6. The van der Waals surface area contributed by atoms with Gasteiger partial charge in [-0.05, 0) is 33.6 Å². The highest BCUT2D eigenvalue weighted by atomic mass is 32.1. The third-order valence-corrected chi connectivity index (χ3v) is 2.42. The van der Waals surface area contributed by atoms with E-state index in [1.807, 2.05) is 0 Å². The molecule has 0 bridgehead atoms. The van der Waals surface area contributed by atoms with Crippen LogP contribution in [-0.4, -0.2) is 35.2 Å². The molecule has 0 aromatic rings. The molecule has 1 aliphatic rings. The number of carbonyl (C=O) groups excluding carboxylic acids is 2. The smallest absolute Gasteiger partial charge is 0.411 e. The first-order valence-electron chi connectivity index (χ1n) is 5.20. The van der Waals surface area contributed by atoms with Crippen LogP contribution in [0.25, 0.3) is 0 Å². The van der Waals surface area contributed by atoms with E-state index in [2.05, 4.69) is 17.1 Å². The molecule has 0 spiro atoms. The van der Waals surface area contributed by atoms with Crippen molar-refractivity contribution in [2.24, 2.45) is 0 Å². The van der Waals surface area contributed by atoms with Gasteiger partial charge in [-0.3, -0.25) is 4.90 Å². The van der Waals surface area contributed by atoms with E-state index < -0.39 is 23.7 Å². The Morgan fingerprint density at radius 3 is 2.50 bits per heavy atom. The molecule has 1 saturated heterocycles. The largest absolute Gasteiger partial charge is 0.444 e. The number of thiol groups is 1. The fraction of sp³-hybridized carbons (Fsp3) is 0.800. The molecule has 0 aromatic heterocycles. The fourth-order valence-electron chi connectivity index (χ4n) is 1.61. The van der Waals surface area contributed by atoms with Crippen LogP contribution in [0.3, 0.4) is 0 Å². The second-order valence-electron chi connectivity index (χ2n) is 4.74. The molecule has 6 heteroatoms. The van der Waals surface area contributed by atoms with E-state index >= 15 is 0 Å². The van der Waals surface area contributed by atoms with Crippen LogP contribution in [0.2, 0.25) is 0 Å². The summed E-state index contributed by atoms with van der Waals surface area (Å²) in [5, 5.41) is 0. The topological polar surface area (TPSA) is 55.8 Å². The lowest BCUT2D eigenvalue weighted by atomic mass is 10.2. The van der Waals surface area contributed by atoms with E-state index in [1.54, 1.807) is 20.8 Å². The highest BCUT2D eigenvalue weighted by molar-refractivity contribution is 7.75. The van der Waals surface area contributed by atoms with Gasteiger partial charge in [-0.15, -0.1) is 0 Å². The average Bonchev–Trinajstić information content (AvgIpc) is 2.62. The molecular formula is C10H17NO4S. The van der Waals surface area contributed by atoms with E-state index in [4.69, 9.17) is 4.74 Å². The van der Waals surface area contributed by atoms with Gasteiger partial charge in [0, 0.05) is 19.5 Å². The summed E-state index contributed by atoms with van der Waals surface area (Å²) in [7, 11) is 0. The predicted molar refractivity (Wildman–Crippen MR) is 61.0 cm³/mol. The Balaban J connectivity index is 2.65. The average molecular weight is 247 g/mol. The lowest BCUT2D eigenvalue weighted by Gasteiger charge is -2.27. The molecule has 0 N–H and O–H groups in total. The molecule has 1 amide bonds. The summed E-state index contributed by atoms with van der Waals surface area (Å²) in [6.07, 6.45) is 0.888. The van der Waals surface area contributed by atoms with Gasteiger partial charge in [0.15, 0.2) is 0 Å². The van der Waals surface area contributed by atoms with Crippen molar-refractivity contribution in [3.63, 3.8) is 0 Å². The predicted octanol–water partition coefficient (Wildman–Crippen LogP) is 1.77. The number of carbonyl (C=O) groups is 2. The first kappa shape index (κ1) is 13.2. The minimum atomic E-state index is -0.563. The van der Waals surface area contributed by atoms with Gasteiger partial charge in [-0.25, -0.2) is 9.59 Å². The van der Waals surface area contributed by atoms with Gasteiger partial charge in [0.25, 0.3) is 0 Å². The summed E-state index contributed by atoms with van der Waals surface area (Å²) in [6, 6.07) is -0.563. The molecule has 1 rings (SSSR count). The van der Waals surface area contributed by atoms with Crippen molar-refractivity contribution < 1.29 is 18.5 Å². The van der Waals surface area contributed by atoms with Crippen molar-refractivity contribution in [1.82, 2.24) is 4.90 Å². The highest BCUT2D eigenvalue weighted by Crippen LogP contribution is 2.21.